The topological polar surface area (TPSA) is 48.1 Å². The van der Waals surface area contributed by atoms with E-state index in [2.05, 4.69) is 4.98 Å². The van der Waals surface area contributed by atoms with Crippen molar-refractivity contribution in [3.63, 3.8) is 0 Å². The SMILES string of the molecule is COCc1ccc2ncc(N)cc2c1. The maximum absolute atomic E-state index is 5.65. The van der Waals surface area contributed by atoms with Crippen molar-refractivity contribution >= 4 is 16.6 Å². The van der Waals surface area contributed by atoms with Gasteiger partial charge in [0.2, 0.25) is 0 Å². The van der Waals surface area contributed by atoms with Crippen molar-refractivity contribution in [2.45, 2.75) is 6.61 Å². The van der Waals surface area contributed by atoms with Crippen LogP contribution < -0.4 is 5.73 Å². The summed E-state index contributed by atoms with van der Waals surface area (Å²) in [6, 6.07) is 7.95. The number of fused-ring (bicyclic) bond motifs is 1. The maximum Gasteiger partial charge on any atom is 0.0713 e. The van der Waals surface area contributed by atoms with E-state index in [0.29, 0.717) is 12.3 Å². The normalized spacial score (nSPS) is 10.6. The highest BCUT2D eigenvalue weighted by molar-refractivity contribution is 5.81. The summed E-state index contributed by atoms with van der Waals surface area (Å²) in [6.45, 7) is 0.616. The van der Waals surface area contributed by atoms with Crippen LogP contribution in [0.5, 0.6) is 0 Å². The molecule has 0 aliphatic heterocycles. The second-order valence-electron chi connectivity index (χ2n) is 3.23. The lowest BCUT2D eigenvalue weighted by atomic mass is 10.1. The minimum absolute atomic E-state index is 0.616. The number of methoxy groups -OCH3 is 1. The van der Waals surface area contributed by atoms with Crippen LogP contribution in [0, 0.1) is 0 Å². The molecule has 3 nitrogen and oxygen atoms in total. The quantitative estimate of drug-likeness (QED) is 0.783. The van der Waals surface area contributed by atoms with Crippen LogP contribution in [0.3, 0.4) is 0 Å². The van der Waals surface area contributed by atoms with Crippen LogP contribution in [0.15, 0.2) is 30.5 Å². The van der Waals surface area contributed by atoms with E-state index in [9.17, 15) is 0 Å². The number of pyridine rings is 1. The fourth-order valence-electron chi connectivity index (χ4n) is 1.45. The van der Waals surface area contributed by atoms with Gasteiger partial charge in [0, 0.05) is 12.5 Å². The van der Waals surface area contributed by atoms with E-state index in [1.165, 1.54) is 0 Å². The van der Waals surface area contributed by atoms with Crippen LogP contribution in [-0.2, 0) is 11.3 Å². The van der Waals surface area contributed by atoms with Crippen LogP contribution in [0.4, 0.5) is 5.69 Å². The molecule has 1 aromatic carbocycles. The molecule has 0 bridgehead atoms. The molecule has 0 spiro atoms. The lowest BCUT2D eigenvalue weighted by Gasteiger charge is -2.02. The molecule has 0 atom stereocenters. The summed E-state index contributed by atoms with van der Waals surface area (Å²) >= 11 is 0. The molecule has 0 aliphatic carbocycles. The molecule has 0 saturated heterocycles. The molecule has 0 fully saturated rings. The minimum atomic E-state index is 0.616. The Bertz CT molecular complexity index is 454. The third-order valence-corrected chi connectivity index (χ3v) is 2.08. The Morgan fingerprint density at radius 3 is 3.00 bits per heavy atom. The van der Waals surface area contributed by atoms with Gasteiger partial charge in [0.25, 0.3) is 0 Å². The fourth-order valence-corrected chi connectivity index (χ4v) is 1.45. The lowest BCUT2D eigenvalue weighted by Crippen LogP contribution is -1.90. The van der Waals surface area contributed by atoms with E-state index in [0.717, 1.165) is 16.5 Å². The zero-order valence-corrected chi connectivity index (χ0v) is 8.03. The van der Waals surface area contributed by atoms with Crippen LogP contribution >= 0.6 is 0 Å². The molecular formula is C11H12N2O. The third-order valence-electron chi connectivity index (χ3n) is 2.08. The molecule has 2 N–H and O–H groups in total. The first-order valence-electron chi connectivity index (χ1n) is 4.43. The summed E-state index contributed by atoms with van der Waals surface area (Å²) in [5, 5.41) is 1.06. The van der Waals surface area contributed by atoms with E-state index < -0.39 is 0 Å². The zero-order valence-electron chi connectivity index (χ0n) is 8.03. The molecule has 0 amide bonds. The molecule has 1 aromatic heterocycles. The Hall–Kier alpha value is -1.61. The number of rotatable bonds is 2. The Labute approximate surface area is 82.5 Å². The van der Waals surface area contributed by atoms with Gasteiger partial charge in [-0.3, -0.25) is 4.98 Å². The molecule has 0 unspecified atom stereocenters. The monoisotopic (exact) mass is 188 g/mol. The van der Waals surface area contributed by atoms with E-state index in [1.807, 2.05) is 24.3 Å². The molecule has 2 aromatic rings. The maximum atomic E-state index is 5.65. The van der Waals surface area contributed by atoms with Gasteiger partial charge in [-0.25, -0.2) is 0 Å². The van der Waals surface area contributed by atoms with Gasteiger partial charge in [-0.05, 0) is 23.8 Å². The van der Waals surface area contributed by atoms with Crippen molar-refractivity contribution in [2.75, 3.05) is 12.8 Å². The van der Waals surface area contributed by atoms with Gasteiger partial charge in [-0.15, -0.1) is 0 Å². The van der Waals surface area contributed by atoms with E-state index >= 15 is 0 Å². The molecule has 2 rings (SSSR count). The number of nitrogens with two attached hydrogens (primary N) is 1. The molecular weight excluding hydrogens is 176 g/mol. The summed E-state index contributed by atoms with van der Waals surface area (Å²) in [5.74, 6) is 0. The van der Waals surface area contributed by atoms with Gasteiger partial charge in [0.05, 0.1) is 24.0 Å². The van der Waals surface area contributed by atoms with Crippen LogP contribution in [0.2, 0.25) is 0 Å². The first kappa shape index (κ1) is 8.97. The molecule has 3 heteroatoms. The van der Waals surface area contributed by atoms with Crippen LogP contribution in [0.25, 0.3) is 10.9 Å². The number of hydrogen-bond donors (Lipinski definition) is 1. The number of anilines is 1. The Morgan fingerprint density at radius 1 is 1.36 bits per heavy atom. The first-order valence-corrected chi connectivity index (χ1v) is 4.43. The average molecular weight is 188 g/mol. The lowest BCUT2D eigenvalue weighted by molar-refractivity contribution is 0.185. The highest BCUT2D eigenvalue weighted by Gasteiger charge is 1.97. The second kappa shape index (κ2) is 3.64. The van der Waals surface area contributed by atoms with Gasteiger partial charge in [-0.2, -0.15) is 0 Å². The van der Waals surface area contributed by atoms with Gasteiger partial charge in [0.1, 0.15) is 0 Å². The summed E-state index contributed by atoms with van der Waals surface area (Å²) in [6.07, 6.45) is 1.67. The zero-order chi connectivity index (χ0) is 9.97. The highest BCUT2D eigenvalue weighted by atomic mass is 16.5. The fraction of sp³-hybridized carbons (Fsp3) is 0.182. The van der Waals surface area contributed by atoms with Crippen molar-refractivity contribution in [1.82, 2.24) is 4.98 Å². The van der Waals surface area contributed by atoms with Crippen molar-refractivity contribution in [2.24, 2.45) is 0 Å². The van der Waals surface area contributed by atoms with E-state index in [1.54, 1.807) is 13.3 Å². The third kappa shape index (κ3) is 1.67. The predicted molar refractivity (Wildman–Crippen MR) is 56.9 cm³/mol. The second-order valence-corrected chi connectivity index (χ2v) is 3.23. The van der Waals surface area contributed by atoms with Crippen LogP contribution in [-0.4, -0.2) is 12.1 Å². The smallest absolute Gasteiger partial charge is 0.0713 e. The van der Waals surface area contributed by atoms with Crippen LogP contribution in [0.1, 0.15) is 5.56 Å². The number of benzene rings is 1. The number of aromatic nitrogens is 1. The van der Waals surface area contributed by atoms with Gasteiger partial charge < -0.3 is 10.5 Å². The molecule has 0 saturated carbocycles. The van der Waals surface area contributed by atoms with E-state index in [-0.39, 0.29) is 0 Å². The Morgan fingerprint density at radius 2 is 2.21 bits per heavy atom. The van der Waals surface area contributed by atoms with Gasteiger partial charge >= 0.3 is 0 Å². The standard InChI is InChI=1S/C11H12N2O/c1-14-7-8-2-3-11-9(4-8)5-10(12)6-13-11/h2-6H,7,12H2,1H3. The Balaban J connectivity index is 2.52. The van der Waals surface area contributed by atoms with Crippen molar-refractivity contribution in [3.8, 4) is 0 Å². The largest absolute Gasteiger partial charge is 0.397 e. The molecule has 0 aliphatic rings. The molecule has 14 heavy (non-hydrogen) atoms. The first-order chi connectivity index (χ1) is 6.79. The van der Waals surface area contributed by atoms with Gasteiger partial charge in [0.15, 0.2) is 0 Å². The van der Waals surface area contributed by atoms with Gasteiger partial charge in [-0.1, -0.05) is 6.07 Å². The van der Waals surface area contributed by atoms with Crippen molar-refractivity contribution < 1.29 is 4.74 Å². The predicted octanol–water partition coefficient (Wildman–Crippen LogP) is 1.96. The minimum Gasteiger partial charge on any atom is -0.397 e. The average Bonchev–Trinajstić information content (AvgIpc) is 2.17. The summed E-state index contributed by atoms with van der Waals surface area (Å²) in [4.78, 5) is 4.22. The Kier molecular flexibility index (Phi) is 2.33. The van der Waals surface area contributed by atoms with Crippen molar-refractivity contribution in [1.29, 1.82) is 0 Å². The number of nitrogen functional groups attached to an aromatic ring is 1. The number of nitrogens with zero attached hydrogens (tertiary/aromatic N) is 1. The number of hydrogen-bond acceptors (Lipinski definition) is 3. The molecule has 0 radical (unpaired) electrons. The molecule has 1 heterocycles. The van der Waals surface area contributed by atoms with Crippen molar-refractivity contribution in [3.05, 3.63) is 36.0 Å². The molecule has 72 valence electrons. The van der Waals surface area contributed by atoms with E-state index in [4.69, 9.17) is 10.5 Å². The summed E-state index contributed by atoms with van der Waals surface area (Å²) < 4.78 is 5.06. The number of ether oxygens (including phenoxy) is 1. The summed E-state index contributed by atoms with van der Waals surface area (Å²) in [5.41, 5.74) is 8.43. The summed E-state index contributed by atoms with van der Waals surface area (Å²) in [7, 11) is 1.68. The highest BCUT2D eigenvalue weighted by Crippen LogP contribution is 2.16.